The first-order valence-corrected chi connectivity index (χ1v) is 7.15. The molecule has 0 saturated heterocycles. The molecule has 21 heavy (non-hydrogen) atoms. The average molecular weight is 343 g/mol. The predicted octanol–water partition coefficient (Wildman–Crippen LogP) is 5.29. The van der Waals surface area contributed by atoms with Crippen LogP contribution in [-0.4, -0.2) is 21.4 Å². The van der Waals surface area contributed by atoms with Gasteiger partial charge in [0.05, 0.1) is 11.2 Å². The van der Waals surface area contributed by atoms with Crippen molar-refractivity contribution in [1.29, 1.82) is 0 Å². The molecule has 0 atom stereocenters. The molecule has 0 amide bonds. The van der Waals surface area contributed by atoms with Gasteiger partial charge < -0.3 is 24.1 Å². The van der Waals surface area contributed by atoms with Crippen molar-refractivity contribution in [3.63, 3.8) is 0 Å². The van der Waals surface area contributed by atoms with E-state index in [1.54, 1.807) is 41.5 Å². The Morgan fingerprint density at radius 3 is 0.476 bits per heavy atom. The third-order valence-electron chi connectivity index (χ3n) is 0. The van der Waals surface area contributed by atoms with Crippen molar-refractivity contribution in [3.8, 4) is 0 Å². The number of hydrogen-bond acceptors (Lipinski definition) is 2. The van der Waals surface area contributed by atoms with E-state index in [0.29, 0.717) is 0 Å². The largest absolute Gasteiger partial charge is 2.00 e. The Kier molecular flexibility index (Phi) is 20.4. The van der Waals surface area contributed by atoms with Gasteiger partial charge >= 0.3 is 17.4 Å². The van der Waals surface area contributed by atoms with Crippen molar-refractivity contribution in [2.24, 2.45) is 10.8 Å². The van der Waals surface area contributed by atoms with Crippen LogP contribution in [0, 0.1) is 24.7 Å². The van der Waals surface area contributed by atoms with Gasteiger partial charge in [-0.25, -0.2) is 0 Å². The first-order chi connectivity index (χ1) is 8.00. The van der Waals surface area contributed by atoms with Gasteiger partial charge in [-0.1, -0.05) is 41.5 Å². The van der Waals surface area contributed by atoms with Crippen molar-refractivity contribution in [2.75, 3.05) is 0 Å². The van der Waals surface area contributed by atoms with E-state index in [1.165, 1.54) is 0 Å². The van der Waals surface area contributed by atoms with Crippen LogP contribution in [-0.2, 0) is 17.4 Å². The van der Waals surface area contributed by atoms with Crippen molar-refractivity contribution >= 4 is 0 Å². The molecule has 0 aromatic carbocycles. The number of hydrogen-bond donors (Lipinski definition) is 2. The summed E-state index contributed by atoms with van der Waals surface area (Å²) in [5, 5.41) is 17.0. The zero-order valence-electron chi connectivity index (χ0n) is 16.7. The van der Waals surface area contributed by atoms with Crippen molar-refractivity contribution < 1.29 is 27.6 Å². The fourth-order valence-corrected chi connectivity index (χ4v) is 0. The molecule has 2 N–H and O–H groups in total. The van der Waals surface area contributed by atoms with Gasteiger partial charge in [-0.05, 0) is 41.5 Å². The molecule has 0 unspecified atom stereocenters. The Morgan fingerprint density at radius 2 is 0.476 bits per heavy atom. The molecule has 0 saturated carbocycles. The molecule has 0 radical (unpaired) electrons. The van der Waals surface area contributed by atoms with Crippen LogP contribution in [0.15, 0.2) is 0 Å². The van der Waals surface area contributed by atoms with Gasteiger partial charge in [0.25, 0.3) is 0 Å². The van der Waals surface area contributed by atoms with Crippen LogP contribution in [0.5, 0.6) is 0 Å². The zero-order valence-corrected chi connectivity index (χ0v) is 18.0. The summed E-state index contributed by atoms with van der Waals surface area (Å²) in [7, 11) is 0. The quantitative estimate of drug-likeness (QED) is 0.588. The van der Waals surface area contributed by atoms with Gasteiger partial charge in [-0.3, -0.25) is 0 Å². The molecule has 0 rings (SSSR count). The Bertz CT molecular complexity index is 125. The van der Waals surface area contributed by atoms with Gasteiger partial charge in [-0.15, -0.1) is 0 Å². The second-order valence-electron chi connectivity index (χ2n) is 9.46. The van der Waals surface area contributed by atoms with Gasteiger partial charge in [0, 0.05) is 0 Å². The Morgan fingerprint density at radius 1 is 0.476 bits per heavy atom. The normalized spacial score (nSPS) is 11.4. The number of rotatable bonds is 0. The summed E-state index contributed by atoms with van der Waals surface area (Å²) in [5.74, 6) is 0. The molecule has 0 aromatic rings. The first-order valence-electron chi connectivity index (χ1n) is 7.15. The monoisotopic (exact) mass is 342 g/mol. The van der Waals surface area contributed by atoms with Crippen LogP contribution in [0.4, 0.5) is 0 Å². The first kappa shape index (κ1) is 33.2. The van der Waals surface area contributed by atoms with E-state index >= 15 is 0 Å². The van der Waals surface area contributed by atoms with Gasteiger partial charge in [0.2, 0.25) is 0 Å². The van der Waals surface area contributed by atoms with E-state index < -0.39 is 11.2 Å². The maximum absolute atomic E-state index is 8.52. The minimum Gasteiger partial charge on any atom is -0.391 e. The van der Waals surface area contributed by atoms with Gasteiger partial charge in [-0.2, -0.15) is 10.8 Å². The Balaban J connectivity index is -0.0000000533. The van der Waals surface area contributed by atoms with Crippen LogP contribution in [0.25, 0.3) is 0 Å². The van der Waals surface area contributed by atoms with E-state index in [2.05, 4.69) is 55.4 Å². The summed E-state index contributed by atoms with van der Waals surface area (Å²) in [6.45, 7) is 30.5. The van der Waals surface area contributed by atoms with Crippen LogP contribution >= 0.6 is 0 Å². The molecule has 0 aliphatic heterocycles. The van der Waals surface area contributed by atoms with Crippen LogP contribution in [0.1, 0.15) is 83.1 Å². The second-order valence-corrected chi connectivity index (χ2v) is 9.46. The molecule has 0 aliphatic rings. The number of aliphatic hydroxyl groups is 2. The van der Waals surface area contributed by atoms with Gasteiger partial charge in [0.15, 0.2) is 0 Å². The Hall–Kier alpha value is 0.452. The fraction of sp³-hybridized carbons (Fsp3) is 0.889. The summed E-state index contributed by atoms with van der Waals surface area (Å²) in [5.41, 5.74) is -0.500. The van der Waals surface area contributed by atoms with Crippen LogP contribution < -0.4 is 0 Å². The molecule has 0 bridgehead atoms. The van der Waals surface area contributed by atoms with E-state index in [4.69, 9.17) is 10.2 Å². The standard InChI is InChI=1S/2C5H11.2C4H10O.Cr/c2*1-5(2,3)4;2*1-4(2,3)5;/h2*1H2,2-4H3;2*5H,1-3H3;/q2*-1;;;+2. The van der Waals surface area contributed by atoms with E-state index in [0.717, 1.165) is 0 Å². The third kappa shape index (κ3) is 34000. The van der Waals surface area contributed by atoms with E-state index in [1.807, 2.05) is 0 Å². The maximum atomic E-state index is 8.52. The molecule has 0 aromatic heterocycles. The minimum atomic E-state index is -0.500. The maximum Gasteiger partial charge on any atom is 2.00 e. The van der Waals surface area contributed by atoms with Crippen LogP contribution in [0.3, 0.4) is 0 Å². The van der Waals surface area contributed by atoms with Crippen molar-refractivity contribution in [1.82, 2.24) is 0 Å². The molecule has 132 valence electrons. The minimum absolute atomic E-state index is 0. The average Bonchev–Trinajstić information content (AvgIpc) is 1.62. The third-order valence-corrected chi connectivity index (χ3v) is 0. The van der Waals surface area contributed by atoms with Crippen LogP contribution in [0.2, 0.25) is 0 Å². The Labute approximate surface area is 146 Å². The molecule has 0 heterocycles. The molecule has 3 heteroatoms. The molecule has 0 fully saturated rings. The van der Waals surface area contributed by atoms with Gasteiger partial charge in [0.1, 0.15) is 0 Å². The molecule has 0 aliphatic carbocycles. The second kappa shape index (κ2) is 12.9. The van der Waals surface area contributed by atoms with E-state index in [9.17, 15) is 0 Å². The SMILES string of the molecule is CC(C)(C)O.CC(C)(C)O.[CH2-]C(C)(C)C.[CH2-]C(C)(C)C.[Cr+2]. The van der Waals surface area contributed by atoms with Crippen molar-refractivity contribution in [2.45, 2.75) is 94.3 Å². The summed E-state index contributed by atoms with van der Waals surface area (Å²) >= 11 is 0. The summed E-state index contributed by atoms with van der Waals surface area (Å²) < 4.78 is 0. The smallest absolute Gasteiger partial charge is 0.391 e. The molecular weight excluding hydrogens is 300 g/mol. The predicted molar refractivity (Wildman–Crippen MR) is 93.6 cm³/mol. The summed E-state index contributed by atoms with van der Waals surface area (Å²) in [6.07, 6.45) is 0. The topological polar surface area (TPSA) is 40.5 Å². The fourth-order valence-electron chi connectivity index (χ4n) is 0. The van der Waals surface area contributed by atoms with Crippen molar-refractivity contribution in [3.05, 3.63) is 13.8 Å². The van der Waals surface area contributed by atoms with E-state index in [-0.39, 0.29) is 28.2 Å². The molecular formula is C18H42CrO2. The zero-order chi connectivity index (χ0) is 18.0. The summed E-state index contributed by atoms with van der Waals surface area (Å²) in [6, 6.07) is 0. The molecule has 0 spiro atoms. The summed E-state index contributed by atoms with van der Waals surface area (Å²) in [4.78, 5) is 0. The molecule has 2 nitrogen and oxygen atoms in total.